The van der Waals surface area contributed by atoms with Crippen molar-refractivity contribution in [3.63, 3.8) is 0 Å². The number of nitrogens with zero attached hydrogens (tertiary/aromatic N) is 3. The van der Waals surface area contributed by atoms with Gasteiger partial charge in [0.05, 0.1) is 12.8 Å². The number of urea groups is 1. The number of amides is 2. The molecule has 1 N–H and O–H groups in total. The number of rotatable bonds is 5. The molecule has 0 unspecified atom stereocenters. The van der Waals surface area contributed by atoms with Crippen molar-refractivity contribution in [2.75, 3.05) is 31.6 Å². The Labute approximate surface area is 148 Å². The van der Waals surface area contributed by atoms with Gasteiger partial charge in [-0.3, -0.25) is 4.98 Å². The van der Waals surface area contributed by atoms with Crippen molar-refractivity contribution >= 4 is 11.7 Å². The maximum absolute atomic E-state index is 12.3. The number of hydrogen-bond donors (Lipinski definition) is 1. The topological polar surface area (TPSA) is 61.6 Å². The minimum absolute atomic E-state index is 0.0304. The van der Waals surface area contributed by atoms with Crippen LogP contribution >= 0.6 is 0 Å². The Hall–Kier alpha value is -2.50. The second-order valence-electron chi connectivity index (χ2n) is 6.68. The van der Waals surface area contributed by atoms with Gasteiger partial charge >= 0.3 is 6.03 Å². The normalized spacial score (nSPS) is 15.2. The molecule has 6 heteroatoms. The summed E-state index contributed by atoms with van der Waals surface area (Å²) in [6, 6.07) is 5.98. The summed E-state index contributed by atoms with van der Waals surface area (Å²) in [5, 5.41) is 3.07. The molecule has 6 nitrogen and oxygen atoms in total. The van der Waals surface area contributed by atoms with Crippen LogP contribution in [-0.2, 0) is 6.54 Å². The van der Waals surface area contributed by atoms with Crippen LogP contribution < -0.4 is 10.2 Å². The summed E-state index contributed by atoms with van der Waals surface area (Å²) < 4.78 is 5.28. The molecule has 0 spiro atoms. The molecule has 0 bridgehead atoms. The molecule has 0 aromatic carbocycles. The van der Waals surface area contributed by atoms with E-state index in [4.69, 9.17) is 4.42 Å². The van der Waals surface area contributed by atoms with Crippen LogP contribution in [0, 0.1) is 12.8 Å². The van der Waals surface area contributed by atoms with Gasteiger partial charge in [0, 0.05) is 50.3 Å². The van der Waals surface area contributed by atoms with E-state index in [2.05, 4.69) is 27.3 Å². The van der Waals surface area contributed by atoms with Crippen LogP contribution in [0.1, 0.15) is 24.2 Å². The predicted octanol–water partition coefficient (Wildman–Crippen LogP) is 3.04. The molecule has 0 aliphatic carbocycles. The number of carbonyl (C=O) groups excluding carboxylic acids is 1. The van der Waals surface area contributed by atoms with Gasteiger partial charge in [-0.25, -0.2) is 4.79 Å². The lowest BCUT2D eigenvalue weighted by Crippen LogP contribution is -2.42. The first kappa shape index (κ1) is 17.3. The minimum Gasteiger partial charge on any atom is -0.469 e. The molecule has 134 valence electrons. The summed E-state index contributed by atoms with van der Waals surface area (Å²) >= 11 is 0. The van der Waals surface area contributed by atoms with Crippen LogP contribution in [0.3, 0.4) is 0 Å². The van der Waals surface area contributed by atoms with E-state index in [1.807, 2.05) is 32.4 Å². The summed E-state index contributed by atoms with van der Waals surface area (Å²) in [4.78, 5) is 20.4. The zero-order valence-electron chi connectivity index (χ0n) is 14.9. The quantitative estimate of drug-likeness (QED) is 0.907. The average molecular weight is 342 g/mol. The summed E-state index contributed by atoms with van der Waals surface area (Å²) in [5.74, 6) is 1.40. The smallest absolute Gasteiger partial charge is 0.317 e. The number of hydrogen-bond acceptors (Lipinski definition) is 4. The monoisotopic (exact) mass is 342 g/mol. The number of piperidine rings is 1. The van der Waals surface area contributed by atoms with Gasteiger partial charge in [-0.05, 0) is 43.9 Å². The number of furan rings is 1. The van der Waals surface area contributed by atoms with Crippen molar-refractivity contribution in [3.8, 4) is 0 Å². The standard InChI is InChI=1S/C19H26N4O2/c1-15-17(7-12-25-15)14-22(2)19(24)21-13-16-5-10-23(11-6-16)18-3-8-20-9-4-18/h3-4,7-9,12,16H,5-6,10-11,13-14H2,1-2H3,(H,21,24). The molecule has 0 saturated carbocycles. The Bertz CT molecular complexity index is 678. The van der Waals surface area contributed by atoms with Gasteiger partial charge in [0.25, 0.3) is 0 Å². The fraction of sp³-hybridized carbons (Fsp3) is 0.474. The third kappa shape index (κ3) is 4.53. The minimum atomic E-state index is -0.0304. The first-order valence-electron chi connectivity index (χ1n) is 8.80. The number of aryl methyl sites for hydroxylation is 1. The molecular weight excluding hydrogens is 316 g/mol. The van der Waals surface area contributed by atoms with Gasteiger partial charge in [-0.2, -0.15) is 0 Å². The van der Waals surface area contributed by atoms with Crippen LogP contribution in [0.25, 0.3) is 0 Å². The zero-order chi connectivity index (χ0) is 17.6. The van der Waals surface area contributed by atoms with Gasteiger partial charge in [-0.15, -0.1) is 0 Å². The Kier molecular flexibility index (Phi) is 5.58. The van der Waals surface area contributed by atoms with Crippen LogP contribution in [0.5, 0.6) is 0 Å². The fourth-order valence-electron chi connectivity index (χ4n) is 3.22. The van der Waals surface area contributed by atoms with Crippen molar-refractivity contribution in [2.24, 2.45) is 5.92 Å². The van der Waals surface area contributed by atoms with E-state index in [-0.39, 0.29) is 6.03 Å². The molecular formula is C19H26N4O2. The van der Waals surface area contributed by atoms with Gasteiger partial charge in [0.1, 0.15) is 5.76 Å². The second-order valence-corrected chi connectivity index (χ2v) is 6.68. The molecule has 3 rings (SSSR count). The first-order chi connectivity index (χ1) is 12.1. The fourth-order valence-corrected chi connectivity index (χ4v) is 3.22. The Morgan fingerprint density at radius 3 is 2.68 bits per heavy atom. The van der Waals surface area contributed by atoms with Crippen molar-refractivity contribution in [1.29, 1.82) is 0 Å². The van der Waals surface area contributed by atoms with Crippen molar-refractivity contribution in [2.45, 2.75) is 26.3 Å². The zero-order valence-corrected chi connectivity index (χ0v) is 14.9. The van der Waals surface area contributed by atoms with Gasteiger partial charge in [0.15, 0.2) is 0 Å². The van der Waals surface area contributed by atoms with E-state index >= 15 is 0 Å². The molecule has 2 aromatic heterocycles. The summed E-state index contributed by atoms with van der Waals surface area (Å²) in [5.41, 5.74) is 2.27. The Morgan fingerprint density at radius 2 is 2.04 bits per heavy atom. The van der Waals surface area contributed by atoms with Crippen LogP contribution in [0.15, 0.2) is 41.3 Å². The lowest BCUT2D eigenvalue weighted by atomic mass is 9.96. The molecule has 1 aliphatic rings. The summed E-state index contributed by atoms with van der Waals surface area (Å²) in [6.07, 6.45) is 7.51. The molecule has 1 fully saturated rings. The lowest BCUT2D eigenvalue weighted by Gasteiger charge is -2.33. The van der Waals surface area contributed by atoms with Gasteiger partial charge < -0.3 is 19.5 Å². The molecule has 2 aromatic rings. The Morgan fingerprint density at radius 1 is 1.32 bits per heavy atom. The summed E-state index contributed by atoms with van der Waals surface area (Å²) in [7, 11) is 1.81. The molecule has 0 atom stereocenters. The highest BCUT2D eigenvalue weighted by Crippen LogP contribution is 2.22. The van der Waals surface area contributed by atoms with Crippen LogP contribution in [0.2, 0.25) is 0 Å². The lowest BCUT2D eigenvalue weighted by molar-refractivity contribution is 0.203. The van der Waals surface area contributed by atoms with E-state index in [0.717, 1.165) is 43.8 Å². The highest BCUT2D eigenvalue weighted by molar-refractivity contribution is 5.73. The Balaban J connectivity index is 1.40. The number of nitrogens with one attached hydrogen (secondary N) is 1. The SMILES string of the molecule is Cc1occc1CN(C)C(=O)NCC1CCN(c2ccncc2)CC1. The van der Waals surface area contributed by atoms with Gasteiger partial charge in [0.2, 0.25) is 0 Å². The predicted molar refractivity (Wildman–Crippen MR) is 97.5 cm³/mol. The van der Waals surface area contributed by atoms with E-state index in [1.54, 1.807) is 11.2 Å². The number of anilines is 1. The third-order valence-electron chi connectivity index (χ3n) is 4.90. The molecule has 1 aliphatic heterocycles. The molecule has 2 amide bonds. The van der Waals surface area contributed by atoms with Crippen LogP contribution in [-0.4, -0.2) is 42.6 Å². The van der Waals surface area contributed by atoms with Crippen molar-refractivity contribution in [1.82, 2.24) is 15.2 Å². The molecule has 3 heterocycles. The number of pyridine rings is 1. The summed E-state index contributed by atoms with van der Waals surface area (Å²) in [6.45, 7) is 5.26. The highest BCUT2D eigenvalue weighted by Gasteiger charge is 2.20. The first-order valence-corrected chi connectivity index (χ1v) is 8.80. The largest absolute Gasteiger partial charge is 0.469 e. The van der Waals surface area contributed by atoms with E-state index in [1.165, 1.54) is 5.69 Å². The number of carbonyl (C=O) groups is 1. The molecule has 25 heavy (non-hydrogen) atoms. The van der Waals surface area contributed by atoms with Crippen LogP contribution in [0.4, 0.5) is 10.5 Å². The maximum Gasteiger partial charge on any atom is 0.317 e. The molecule has 1 saturated heterocycles. The van der Waals surface area contributed by atoms with E-state index in [9.17, 15) is 4.79 Å². The second kappa shape index (κ2) is 8.05. The average Bonchev–Trinajstić information content (AvgIpc) is 3.05. The van der Waals surface area contributed by atoms with Gasteiger partial charge in [-0.1, -0.05) is 0 Å². The van der Waals surface area contributed by atoms with E-state index in [0.29, 0.717) is 12.5 Å². The third-order valence-corrected chi connectivity index (χ3v) is 4.90. The van der Waals surface area contributed by atoms with Crippen molar-refractivity contribution in [3.05, 3.63) is 48.2 Å². The number of aromatic nitrogens is 1. The highest BCUT2D eigenvalue weighted by atomic mass is 16.3. The van der Waals surface area contributed by atoms with E-state index < -0.39 is 0 Å². The molecule has 0 radical (unpaired) electrons. The van der Waals surface area contributed by atoms with Crippen molar-refractivity contribution < 1.29 is 9.21 Å². The maximum atomic E-state index is 12.3.